The minimum absolute atomic E-state index is 0.246. The molecule has 1 aromatic heterocycles. The molecule has 1 unspecified atom stereocenters. The molecule has 4 nitrogen and oxygen atoms in total. The number of hydrogen-bond donors (Lipinski definition) is 1. The van der Waals surface area contributed by atoms with Crippen molar-refractivity contribution in [2.45, 2.75) is 19.4 Å². The number of benzene rings is 1. The van der Waals surface area contributed by atoms with Crippen LogP contribution in [0.5, 0.6) is 0 Å². The third kappa shape index (κ3) is 2.53. The molecule has 2 aromatic rings. The summed E-state index contributed by atoms with van der Waals surface area (Å²) in [6.07, 6.45) is 2.77. The van der Waals surface area contributed by atoms with Crippen molar-refractivity contribution in [1.82, 2.24) is 20.3 Å². The van der Waals surface area contributed by atoms with E-state index in [1.54, 1.807) is 0 Å². The third-order valence-electron chi connectivity index (χ3n) is 3.14. The maximum atomic E-state index is 3.98. The van der Waals surface area contributed by atoms with Crippen molar-refractivity contribution in [3.8, 4) is 0 Å². The molecule has 0 saturated carbocycles. The minimum Gasteiger partial charge on any atom is -0.311 e. The van der Waals surface area contributed by atoms with Gasteiger partial charge in [0.05, 0.1) is 17.9 Å². The molecule has 0 amide bonds. The van der Waals surface area contributed by atoms with Crippen molar-refractivity contribution in [2.24, 2.45) is 7.05 Å². The van der Waals surface area contributed by atoms with Gasteiger partial charge in [0.2, 0.25) is 0 Å². The summed E-state index contributed by atoms with van der Waals surface area (Å²) in [4.78, 5) is 0. The summed E-state index contributed by atoms with van der Waals surface area (Å²) < 4.78 is 1.82. The molecule has 90 valence electrons. The maximum Gasteiger partial charge on any atom is 0.0756 e. The van der Waals surface area contributed by atoms with Crippen molar-refractivity contribution in [3.05, 3.63) is 47.3 Å². The Kier molecular flexibility index (Phi) is 3.54. The van der Waals surface area contributed by atoms with E-state index in [2.05, 4.69) is 46.8 Å². The summed E-state index contributed by atoms with van der Waals surface area (Å²) in [5, 5.41) is 11.2. The lowest BCUT2D eigenvalue weighted by Gasteiger charge is -2.17. The van der Waals surface area contributed by atoms with Gasteiger partial charge in [-0.2, -0.15) is 0 Å². The summed E-state index contributed by atoms with van der Waals surface area (Å²) in [5.74, 6) is 0. The first-order valence-corrected chi connectivity index (χ1v) is 5.78. The van der Waals surface area contributed by atoms with Crippen LogP contribution in [0.2, 0.25) is 0 Å². The summed E-state index contributed by atoms with van der Waals surface area (Å²) in [6.45, 7) is 2.14. The first kappa shape index (κ1) is 11.8. The highest BCUT2D eigenvalue weighted by Crippen LogP contribution is 2.18. The minimum atomic E-state index is 0.246. The van der Waals surface area contributed by atoms with Gasteiger partial charge in [-0.3, -0.25) is 4.68 Å². The van der Waals surface area contributed by atoms with E-state index in [9.17, 15) is 0 Å². The van der Waals surface area contributed by atoms with Crippen LogP contribution in [0.3, 0.4) is 0 Å². The SMILES string of the molecule is CNC(Cc1ccccc1C)c1cnnn1C. The van der Waals surface area contributed by atoms with E-state index in [1.807, 2.05) is 25.0 Å². The maximum absolute atomic E-state index is 3.98. The predicted octanol–water partition coefficient (Wildman–Crippen LogP) is 1.63. The number of likely N-dealkylation sites (N-methyl/N-ethyl adjacent to an activating group) is 1. The van der Waals surface area contributed by atoms with Gasteiger partial charge in [-0.1, -0.05) is 29.5 Å². The molecule has 0 aliphatic carbocycles. The van der Waals surface area contributed by atoms with Crippen LogP contribution in [0.1, 0.15) is 22.9 Å². The van der Waals surface area contributed by atoms with Gasteiger partial charge >= 0.3 is 0 Å². The highest BCUT2D eigenvalue weighted by Gasteiger charge is 2.15. The molecule has 0 aliphatic rings. The Morgan fingerprint density at radius 2 is 2.12 bits per heavy atom. The van der Waals surface area contributed by atoms with Crippen molar-refractivity contribution < 1.29 is 0 Å². The van der Waals surface area contributed by atoms with Gasteiger partial charge in [-0.05, 0) is 31.5 Å². The zero-order valence-electron chi connectivity index (χ0n) is 10.5. The molecule has 1 heterocycles. The molecular formula is C13H18N4. The van der Waals surface area contributed by atoms with Gasteiger partial charge in [-0.15, -0.1) is 5.10 Å². The molecule has 17 heavy (non-hydrogen) atoms. The second-order valence-corrected chi connectivity index (χ2v) is 4.25. The Balaban J connectivity index is 2.22. The van der Waals surface area contributed by atoms with Gasteiger partial charge in [0.1, 0.15) is 0 Å². The zero-order chi connectivity index (χ0) is 12.3. The Morgan fingerprint density at radius 3 is 2.71 bits per heavy atom. The molecule has 1 aromatic carbocycles. The largest absolute Gasteiger partial charge is 0.311 e. The van der Waals surface area contributed by atoms with E-state index < -0.39 is 0 Å². The van der Waals surface area contributed by atoms with Gasteiger partial charge < -0.3 is 5.32 Å². The number of aryl methyl sites for hydroxylation is 2. The van der Waals surface area contributed by atoms with Gasteiger partial charge in [0.25, 0.3) is 0 Å². The lowest BCUT2D eigenvalue weighted by atomic mass is 9.99. The first-order chi connectivity index (χ1) is 8.22. The Labute approximate surface area is 102 Å². The molecule has 0 spiro atoms. The van der Waals surface area contributed by atoms with E-state index in [0.29, 0.717) is 0 Å². The Hall–Kier alpha value is -1.68. The van der Waals surface area contributed by atoms with E-state index in [0.717, 1.165) is 12.1 Å². The highest BCUT2D eigenvalue weighted by molar-refractivity contribution is 5.27. The fourth-order valence-electron chi connectivity index (χ4n) is 2.03. The van der Waals surface area contributed by atoms with E-state index in [-0.39, 0.29) is 6.04 Å². The number of rotatable bonds is 4. The fraction of sp³-hybridized carbons (Fsp3) is 0.385. The fourth-order valence-corrected chi connectivity index (χ4v) is 2.03. The second-order valence-electron chi connectivity index (χ2n) is 4.25. The van der Waals surface area contributed by atoms with E-state index in [4.69, 9.17) is 0 Å². The van der Waals surface area contributed by atoms with Crippen molar-refractivity contribution in [1.29, 1.82) is 0 Å². The van der Waals surface area contributed by atoms with Crippen LogP contribution < -0.4 is 5.32 Å². The normalized spacial score (nSPS) is 12.6. The molecule has 4 heteroatoms. The zero-order valence-corrected chi connectivity index (χ0v) is 10.5. The summed E-state index contributed by atoms with van der Waals surface area (Å²) in [5.41, 5.74) is 3.78. The Morgan fingerprint density at radius 1 is 1.35 bits per heavy atom. The first-order valence-electron chi connectivity index (χ1n) is 5.78. The molecule has 0 aliphatic heterocycles. The molecule has 1 atom stereocenters. The smallest absolute Gasteiger partial charge is 0.0756 e. The second kappa shape index (κ2) is 5.10. The molecular weight excluding hydrogens is 212 g/mol. The monoisotopic (exact) mass is 230 g/mol. The highest BCUT2D eigenvalue weighted by atomic mass is 15.4. The summed E-state index contributed by atoms with van der Waals surface area (Å²) in [7, 11) is 3.89. The molecule has 0 fully saturated rings. The summed E-state index contributed by atoms with van der Waals surface area (Å²) >= 11 is 0. The van der Waals surface area contributed by atoms with E-state index >= 15 is 0 Å². The van der Waals surface area contributed by atoms with Gasteiger partial charge in [0, 0.05) is 7.05 Å². The number of nitrogens with zero attached hydrogens (tertiary/aromatic N) is 3. The van der Waals surface area contributed by atoms with Crippen LogP contribution in [-0.2, 0) is 13.5 Å². The third-order valence-corrected chi connectivity index (χ3v) is 3.14. The van der Waals surface area contributed by atoms with Crippen molar-refractivity contribution in [3.63, 3.8) is 0 Å². The molecule has 1 N–H and O–H groups in total. The number of aromatic nitrogens is 3. The van der Waals surface area contributed by atoms with Gasteiger partial charge in [0.15, 0.2) is 0 Å². The van der Waals surface area contributed by atoms with Crippen LogP contribution in [0.4, 0.5) is 0 Å². The van der Waals surface area contributed by atoms with Crippen LogP contribution in [0.25, 0.3) is 0 Å². The van der Waals surface area contributed by atoms with Crippen molar-refractivity contribution >= 4 is 0 Å². The van der Waals surface area contributed by atoms with Gasteiger partial charge in [-0.25, -0.2) is 0 Å². The Bertz CT molecular complexity index is 490. The summed E-state index contributed by atoms with van der Waals surface area (Å²) in [6, 6.07) is 8.71. The topological polar surface area (TPSA) is 42.7 Å². The molecule has 0 bridgehead atoms. The van der Waals surface area contributed by atoms with Crippen LogP contribution >= 0.6 is 0 Å². The van der Waals surface area contributed by atoms with E-state index in [1.165, 1.54) is 11.1 Å². The molecule has 0 radical (unpaired) electrons. The molecule has 2 rings (SSSR count). The lowest BCUT2D eigenvalue weighted by molar-refractivity contribution is 0.534. The van der Waals surface area contributed by atoms with Crippen LogP contribution in [0.15, 0.2) is 30.5 Å². The lowest BCUT2D eigenvalue weighted by Crippen LogP contribution is -2.22. The number of hydrogen-bond acceptors (Lipinski definition) is 3. The van der Waals surface area contributed by atoms with Crippen LogP contribution in [0, 0.1) is 6.92 Å². The average molecular weight is 230 g/mol. The standard InChI is InChI=1S/C13H18N4/c1-10-6-4-5-7-11(10)8-12(14-2)13-9-15-16-17(13)3/h4-7,9,12,14H,8H2,1-3H3. The quantitative estimate of drug-likeness (QED) is 0.868. The predicted molar refractivity (Wildman–Crippen MR) is 67.7 cm³/mol. The van der Waals surface area contributed by atoms with Crippen LogP contribution in [-0.4, -0.2) is 22.0 Å². The average Bonchev–Trinajstić information content (AvgIpc) is 2.75. The molecule has 0 saturated heterocycles. The number of nitrogens with one attached hydrogen (secondary N) is 1. The van der Waals surface area contributed by atoms with Crippen molar-refractivity contribution in [2.75, 3.05) is 7.05 Å².